The van der Waals surface area contributed by atoms with Crippen LogP contribution in [0.2, 0.25) is 5.02 Å². The molecule has 7 heteroatoms. The Balaban J connectivity index is 1.26. The number of aryl methyl sites for hydroxylation is 1. The van der Waals surface area contributed by atoms with E-state index in [-0.39, 0.29) is 11.8 Å². The summed E-state index contributed by atoms with van der Waals surface area (Å²) in [6.07, 6.45) is 8.68. The summed E-state index contributed by atoms with van der Waals surface area (Å²) in [7, 11) is 0. The van der Waals surface area contributed by atoms with Crippen molar-refractivity contribution in [3.8, 4) is 0 Å². The highest BCUT2D eigenvalue weighted by atomic mass is 35.5. The van der Waals surface area contributed by atoms with Gasteiger partial charge in [-0.25, -0.2) is 4.98 Å². The van der Waals surface area contributed by atoms with Gasteiger partial charge in [0.25, 0.3) is 0 Å². The molecule has 1 N–H and O–H groups in total. The Morgan fingerprint density at radius 2 is 1.66 bits per heavy atom. The lowest BCUT2D eigenvalue weighted by Crippen LogP contribution is -2.34. The Hall–Kier alpha value is -2.86. The van der Waals surface area contributed by atoms with E-state index in [2.05, 4.69) is 16.0 Å². The third-order valence-corrected chi connectivity index (χ3v) is 6.91. The van der Waals surface area contributed by atoms with E-state index in [4.69, 9.17) is 16.6 Å². The molecule has 1 fully saturated rings. The number of imidazole rings is 1. The number of halogens is 1. The van der Waals surface area contributed by atoms with Gasteiger partial charge in [0.15, 0.2) is 0 Å². The van der Waals surface area contributed by atoms with E-state index in [1.807, 2.05) is 35.2 Å². The minimum atomic E-state index is 0.0288. The van der Waals surface area contributed by atoms with Crippen LogP contribution in [0.15, 0.2) is 48.5 Å². The Morgan fingerprint density at radius 1 is 0.914 bits per heavy atom. The first kappa shape index (κ1) is 25.2. The number of fused-ring (bicyclic) bond motifs is 1. The van der Waals surface area contributed by atoms with Crippen molar-refractivity contribution in [1.82, 2.24) is 19.8 Å². The van der Waals surface area contributed by atoms with Gasteiger partial charge in [-0.05, 0) is 55.5 Å². The maximum absolute atomic E-state index is 13.1. The maximum Gasteiger partial charge on any atom is 0.242 e. The number of carbonyl (C=O) groups excluding carboxylic acids is 2. The molecule has 1 saturated heterocycles. The van der Waals surface area contributed by atoms with Gasteiger partial charge in [0, 0.05) is 31.1 Å². The molecule has 0 spiro atoms. The van der Waals surface area contributed by atoms with Crippen molar-refractivity contribution in [2.24, 2.45) is 0 Å². The standard InChI is InChI=1S/C28H35ClN4O2/c29-23-15-13-22(14-16-23)20-27(34)30-17-7-3-4-12-26-31-24-10-5-6-11-25(24)33(26)21-28(35)32-18-8-1-2-9-19-32/h5-6,10-11,13-16H,1-4,7-9,12,17-21H2,(H,30,34). The molecule has 0 radical (unpaired) electrons. The number of unbranched alkanes of at least 4 members (excludes halogenated alkanes) is 2. The fraction of sp³-hybridized carbons (Fsp3) is 0.464. The number of likely N-dealkylation sites (tertiary alicyclic amines) is 1. The smallest absolute Gasteiger partial charge is 0.242 e. The van der Waals surface area contributed by atoms with Gasteiger partial charge in [-0.15, -0.1) is 0 Å². The van der Waals surface area contributed by atoms with Crippen LogP contribution >= 0.6 is 11.6 Å². The van der Waals surface area contributed by atoms with Crippen LogP contribution in [0, 0.1) is 0 Å². The van der Waals surface area contributed by atoms with E-state index >= 15 is 0 Å². The molecule has 6 nitrogen and oxygen atoms in total. The summed E-state index contributed by atoms with van der Waals surface area (Å²) >= 11 is 5.90. The molecule has 35 heavy (non-hydrogen) atoms. The fourth-order valence-electron chi connectivity index (χ4n) is 4.71. The summed E-state index contributed by atoms with van der Waals surface area (Å²) in [5.74, 6) is 1.20. The summed E-state index contributed by atoms with van der Waals surface area (Å²) in [5.41, 5.74) is 2.93. The van der Waals surface area contributed by atoms with Crippen LogP contribution in [0.5, 0.6) is 0 Å². The SMILES string of the molecule is O=C(Cc1ccc(Cl)cc1)NCCCCCc1nc2ccccc2n1CC(=O)N1CCCCCC1. The number of carbonyl (C=O) groups is 2. The first-order chi connectivity index (χ1) is 17.1. The average molecular weight is 495 g/mol. The van der Waals surface area contributed by atoms with Gasteiger partial charge >= 0.3 is 0 Å². The van der Waals surface area contributed by atoms with Crippen LogP contribution in [-0.4, -0.2) is 45.9 Å². The van der Waals surface area contributed by atoms with Gasteiger partial charge in [-0.2, -0.15) is 0 Å². The highest BCUT2D eigenvalue weighted by Gasteiger charge is 2.19. The molecule has 4 rings (SSSR count). The van der Waals surface area contributed by atoms with Crippen molar-refractivity contribution in [1.29, 1.82) is 0 Å². The highest BCUT2D eigenvalue weighted by molar-refractivity contribution is 6.30. The number of para-hydroxylation sites is 2. The monoisotopic (exact) mass is 494 g/mol. The van der Waals surface area contributed by atoms with E-state index in [1.165, 1.54) is 12.8 Å². The lowest BCUT2D eigenvalue weighted by Gasteiger charge is -2.21. The molecule has 2 aromatic carbocycles. The summed E-state index contributed by atoms with van der Waals surface area (Å²) < 4.78 is 2.11. The quantitative estimate of drug-likeness (QED) is 0.396. The second-order valence-electron chi connectivity index (χ2n) is 9.36. The molecule has 1 aliphatic heterocycles. The van der Waals surface area contributed by atoms with E-state index in [1.54, 1.807) is 12.1 Å². The molecule has 1 aromatic heterocycles. The maximum atomic E-state index is 13.1. The number of amides is 2. The van der Waals surface area contributed by atoms with Crippen molar-refractivity contribution >= 4 is 34.4 Å². The molecule has 1 aliphatic rings. The molecule has 0 unspecified atom stereocenters. The molecule has 186 valence electrons. The number of nitrogens with one attached hydrogen (secondary N) is 1. The largest absolute Gasteiger partial charge is 0.356 e. The predicted octanol–water partition coefficient (Wildman–Crippen LogP) is 5.16. The Bertz CT molecular complexity index is 1120. The van der Waals surface area contributed by atoms with E-state index in [0.717, 1.165) is 74.0 Å². The lowest BCUT2D eigenvalue weighted by molar-refractivity contribution is -0.131. The zero-order valence-electron chi connectivity index (χ0n) is 20.3. The summed E-state index contributed by atoms with van der Waals surface area (Å²) in [6, 6.07) is 15.4. The van der Waals surface area contributed by atoms with E-state index in [0.29, 0.717) is 24.5 Å². The topological polar surface area (TPSA) is 67.2 Å². The number of aromatic nitrogens is 2. The van der Waals surface area contributed by atoms with Crippen LogP contribution in [-0.2, 0) is 29.0 Å². The van der Waals surface area contributed by atoms with Gasteiger partial charge in [0.1, 0.15) is 12.4 Å². The summed E-state index contributed by atoms with van der Waals surface area (Å²) in [4.78, 5) is 32.1. The first-order valence-corrected chi connectivity index (χ1v) is 13.2. The molecular weight excluding hydrogens is 460 g/mol. The van der Waals surface area contributed by atoms with E-state index in [9.17, 15) is 9.59 Å². The van der Waals surface area contributed by atoms with Gasteiger partial charge in [-0.1, -0.05) is 55.1 Å². The van der Waals surface area contributed by atoms with Crippen molar-refractivity contribution in [3.05, 3.63) is 64.9 Å². The van der Waals surface area contributed by atoms with Crippen molar-refractivity contribution in [2.75, 3.05) is 19.6 Å². The molecule has 0 saturated carbocycles. The zero-order valence-corrected chi connectivity index (χ0v) is 21.1. The van der Waals surface area contributed by atoms with Crippen molar-refractivity contribution < 1.29 is 9.59 Å². The Labute approximate surface area is 212 Å². The third kappa shape index (κ3) is 7.31. The molecule has 2 heterocycles. The fourth-order valence-corrected chi connectivity index (χ4v) is 4.84. The van der Waals surface area contributed by atoms with Crippen molar-refractivity contribution in [3.63, 3.8) is 0 Å². The average Bonchev–Trinajstić information content (AvgIpc) is 3.01. The van der Waals surface area contributed by atoms with Crippen LogP contribution in [0.4, 0.5) is 0 Å². The molecular formula is C28H35ClN4O2. The van der Waals surface area contributed by atoms with Crippen LogP contribution < -0.4 is 5.32 Å². The van der Waals surface area contributed by atoms with Crippen LogP contribution in [0.1, 0.15) is 56.3 Å². The molecule has 2 amide bonds. The highest BCUT2D eigenvalue weighted by Crippen LogP contribution is 2.19. The second kappa shape index (κ2) is 12.7. The van der Waals surface area contributed by atoms with Gasteiger partial charge < -0.3 is 14.8 Å². The van der Waals surface area contributed by atoms with E-state index < -0.39 is 0 Å². The molecule has 0 atom stereocenters. The number of benzene rings is 2. The minimum absolute atomic E-state index is 0.0288. The lowest BCUT2D eigenvalue weighted by atomic mass is 10.1. The first-order valence-electron chi connectivity index (χ1n) is 12.8. The van der Waals surface area contributed by atoms with Gasteiger partial charge in [0.05, 0.1) is 17.5 Å². The molecule has 0 aliphatic carbocycles. The minimum Gasteiger partial charge on any atom is -0.356 e. The normalized spacial score (nSPS) is 14.1. The number of hydrogen-bond acceptors (Lipinski definition) is 3. The Morgan fingerprint density at radius 3 is 2.43 bits per heavy atom. The summed E-state index contributed by atoms with van der Waals surface area (Å²) in [6.45, 7) is 2.75. The number of nitrogens with zero attached hydrogens (tertiary/aromatic N) is 3. The molecule has 3 aromatic rings. The number of hydrogen-bond donors (Lipinski definition) is 1. The van der Waals surface area contributed by atoms with Crippen molar-refractivity contribution in [2.45, 2.75) is 64.3 Å². The van der Waals surface area contributed by atoms with Gasteiger partial charge in [0.2, 0.25) is 11.8 Å². The number of rotatable bonds is 10. The van der Waals surface area contributed by atoms with Crippen LogP contribution in [0.25, 0.3) is 11.0 Å². The predicted molar refractivity (Wildman–Crippen MR) is 141 cm³/mol. The third-order valence-electron chi connectivity index (χ3n) is 6.66. The zero-order chi connectivity index (χ0) is 24.5. The summed E-state index contributed by atoms with van der Waals surface area (Å²) in [5, 5.41) is 3.68. The van der Waals surface area contributed by atoms with Crippen LogP contribution in [0.3, 0.4) is 0 Å². The van der Waals surface area contributed by atoms with Gasteiger partial charge in [-0.3, -0.25) is 9.59 Å². The second-order valence-corrected chi connectivity index (χ2v) is 9.80. The molecule has 0 bridgehead atoms. The Kier molecular flexibility index (Phi) is 9.18.